The van der Waals surface area contributed by atoms with Crippen LogP contribution in [0.3, 0.4) is 0 Å². The van der Waals surface area contributed by atoms with Crippen LogP contribution in [0.25, 0.3) is 0 Å². The highest BCUT2D eigenvalue weighted by Crippen LogP contribution is 2.40. The van der Waals surface area contributed by atoms with Crippen molar-refractivity contribution in [2.45, 2.75) is 6.42 Å². The number of carbonyl (C=O) groups excluding carboxylic acids is 1. The van der Waals surface area contributed by atoms with E-state index in [4.69, 9.17) is 32.8 Å². The van der Waals surface area contributed by atoms with Crippen LogP contribution in [-0.4, -0.2) is 48.6 Å². The molecule has 0 bridgehead atoms. The third-order valence-corrected chi connectivity index (χ3v) is 4.98. The molecule has 0 radical (unpaired) electrons. The number of rotatable bonds is 10. The number of ether oxygens (including phenoxy) is 6. The van der Waals surface area contributed by atoms with Crippen molar-refractivity contribution in [1.29, 1.82) is 0 Å². The summed E-state index contributed by atoms with van der Waals surface area (Å²) in [6.07, 6.45) is 0.355. The fourth-order valence-electron chi connectivity index (χ4n) is 3.37. The molecule has 1 N–H and O–H groups in total. The monoisotopic (exact) mass is 457 g/mol. The SMILES string of the molecule is COc1cc(OC)c(Cc2ccc(C(=O)Nc3cc(OC)c(OC)c(OC)c3)o2)c(OC)c1. The second kappa shape index (κ2) is 10.5. The number of benzene rings is 2. The van der Waals surface area contributed by atoms with E-state index in [0.29, 0.717) is 52.4 Å². The first-order chi connectivity index (χ1) is 16.0. The Morgan fingerprint density at radius 1 is 0.758 bits per heavy atom. The third-order valence-electron chi connectivity index (χ3n) is 4.98. The van der Waals surface area contributed by atoms with Gasteiger partial charge in [0.2, 0.25) is 5.75 Å². The minimum atomic E-state index is -0.427. The number of hydrogen-bond donors (Lipinski definition) is 1. The van der Waals surface area contributed by atoms with E-state index in [-0.39, 0.29) is 5.76 Å². The van der Waals surface area contributed by atoms with Crippen LogP contribution in [0.1, 0.15) is 21.9 Å². The highest BCUT2D eigenvalue weighted by molar-refractivity contribution is 6.02. The van der Waals surface area contributed by atoms with Crippen LogP contribution in [0.4, 0.5) is 5.69 Å². The summed E-state index contributed by atoms with van der Waals surface area (Å²) in [5.41, 5.74) is 1.23. The second-order valence-electron chi connectivity index (χ2n) is 6.82. The average Bonchev–Trinajstić information content (AvgIpc) is 3.32. The van der Waals surface area contributed by atoms with Crippen LogP contribution >= 0.6 is 0 Å². The van der Waals surface area contributed by atoms with Crippen LogP contribution < -0.4 is 33.7 Å². The smallest absolute Gasteiger partial charge is 0.291 e. The Morgan fingerprint density at radius 3 is 1.82 bits per heavy atom. The summed E-state index contributed by atoms with van der Waals surface area (Å²) >= 11 is 0. The molecule has 1 aromatic heterocycles. The van der Waals surface area contributed by atoms with Crippen LogP contribution in [0, 0.1) is 0 Å². The molecule has 1 amide bonds. The first-order valence-electron chi connectivity index (χ1n) is 9.96. The summed E-state index contributed by atoms with van der Waals surface area (Å²) in [5.74, 6) is 3.34. The quantitative estimate of drug-likeness (QED) is 0.484. The largest absolute Gasteiger partial charge is 0.496 e. The zero-order valence-electron chi connectivity index (χ0n) is 19.4. The van der Waals surface area contributed by atoms with Gasteiger partial charge < -0.3 is 38.2 Å². The maximum atomic E-state index is 12.8. The van der Waals surface area contributed by atoms with Gasteiger partial charge >= 0.3 is 0 Å². The molecule has 9 nitrogen and oxygen atoms in total. The molecule has 0 unspecified atom stereocenters. The van der Waals surface area contributed by atoms with E-state index >= 15 is 0 Å². The topological polar surface area (TPSA) is 97.6 Å². The van der Waals surface area contributed by atoms with E-state index in [1.807, 2.05) is 0 Å². The van der Waals surface area contributed by atoms with Crippen molar-refractivity contribution >= 4 is 11.6 Å². The van der Waals surface area contributed by atoms with E-state index in [9.17, 15) is 4.79 Å². The van der Waals surface area contributed by atoms with Gasteiger partial charge in [-0.3, -0.25) is 4.79 Å². The average molecular weight is 457 g/mol. The highest BCUT2D eigenvalue weighted by Gasteiger charge is 2.19. The predicted octanol–water partition coefficient (Wildman–Crippen LogP) is 4.17. The van der Waals surface area contributed by atoms with Gasteiger partial charge in [-0.2, -0.15) is 0 Å². The summed E-state index contributed by atoms with van der Waals surface area (Å²) in [5, 5.41) is 2.78. The van der Waals surface area contributed by atoms with Gasteiger partial charge in [0.25, 0.3) is 5.91 Å². The zero-order chi connectivity index (χ0) is 24.0. The maximum Gasteiger partial charge on any atom is 0.291 e. The highest BCUT2D eigenvalue weighted by atomic mass is 16.5. The van der Waals surface area contributed by atoms with Gasteiger partial charge in [0.15, 0.2) is 17.3 Å². The molecule has 0 aliphatic carbocycles. The Labute approximate surface area is 192 Å². The molecule has 0 aliphatic heterocycles. The van der Waals surface area contributed by atoms with E-state index in [2.05, 4.69) is 5.32 Å². The fourth-order valence-corrected chi connectivity index (χ4v) is 3.37. The molecule has 2 aromatic carbocycles. The molecular weight excluding hydrogens is 430 g/mol. The molecule has 0 fully saturated rings. The standard InChI is InChI=1S/C24H27NO8/c1-27-16-12-19(28-2)17(20(13-16)29-3)11-15-7-8-18(33-15)24(26)25-14-9-21(30-4)23(32-6)22(10-14)31-5/h7-10,12-13H,11H2,1-6H3,(H,25,26). The van der Waals surface area contributed by atoms with Crippen molar-refractivity contribution in [2.24, 2.45) is 0 Å². The number of nitrogens with one attached hydrogen (secondary N) is 1. The van der Waals surface area contributed by atoms with Crippen LogP contribution in [0.5, 0.6) is 34.5 Å². The summed E-state index contributed by atoms with van der Waals surface area (Å²) < 4.78 is 38.0. The first-order valence-corrected chi connectivity index (χ1v) is 9.96. The van der Waals surface area contributed by atoms with Crippen molar-refractivity contribution in [3.63, 3.8) is 0 Å². The molecule has 9 heteroatoms. The molecule has 0 aliphatic rings. The Kier molecular flexibility index (Phi) is 7.55. The molecule has 1 heterocycles. The third kappa shape index (κ3) is 5.08. The number of anilines is 1. The summed E-state index contributed by atoms with van der Waals surface area (Å²) in [4.78, 5) is 12.8. The van der Waals surface area contributed by atoms with Crippen LogP contribution in [0.2, 0.25) is 0 Å². The van der Waals surface area contributed by atoms with Crippen molar-refractivity contribution in [1.82, 2.24) is 0 Å². The lowest BCUT2D eigenvalue weighted by Gasteiger charge is -2.14. The summed E-state index contributed by atoms with van der Waals surface area (Å²) in [6, 6.07) is 10.1. The number of amides is 1. The van der Waals surface area contributed by atoms with E-state index in [0.717, 1.165) is 5.56 Å². The van der Waals surface area contributed by atoms with E-state index < -0.39 is 5.91 Å². The lowest BCUT2D eigenvalue weighted by atomic mass is 10.1. The molecule has 33 heavy (non-hydrogen) atoms. The molecule has 3 aromatic rings. The van der Waals surface area contributed by atoms with Gasteiger partial charge in [-0.05, 0) is 12.1 Å². The zero-order valence-corrected chi connectivity index (χ0v) is 19.4. The number of carbonyl (C=O) groups is 1. The molecule has 0 atom stereocenters. The molecule has 0 saturated carbocycles. The van der Waals surface area contributed by atoms with Crippen molar-refractivity contribution in [2.75, 3.05) is 48.0 Å². The van der Waals surface area contributed by atoms with E-state index in [1.165, 1.54) is 21.3 Å². The van der Waals surface area contributed by atoms with Gasteiger partial charge in [0, 0.05) is 41.9 Å². The number of hydrogen-bond acceptors (Lipinski definition) is 8. The maximum absolute atomic E-state index is 12.8. The van der Waals surface area contributed by atoms with Crippen molar-refractivity contribution in [3.05, 3.63) is 53.5 Å². The van der Waals surface area contributed by atoms with E-state index in [1.54, 1.807) is 57.7 Å². The molecule has 176 valence electrons. The molecule has 0 spiro atoms. The molecule has 3 rings (SSSR count). The van der Waals surface area contributed by atoms with Gasteiger partial charge in [0.05, 0.1) is 42.7 Å². The van der Waals surface area contributed by atoms with Gasteiger partial charge in [-0.1, -0.05) is 0 Å². The minimum Gasteiger partial charge on any atom is -0.496 e. The lowest BCUT2D eigenvalue weighted by Crippen LogP contribution is -2.11. The van der Waals surface area contributed by atoms with Crippen molar-refractivity contribution < 1.29 is 37.6 Å². The summed E-state index contributed by atoms with van der Waals surface area (Å²) in [7, 11) is 9.22. The van der Waals surface area contributed by atoms with Gasteiger partial charge in [-0.15, -0.1) is 0 Å². The normalized spacial score (nSPS) is 10.4. The van der Waals surface area contributed by atoms with Gasteiger partial charge in [0.1, 0.15) is 23.0 Å². The van der Waals surface area contributed by atoms with Gasteiger partial charge in [-0.25, -0.2) is 0 Å². The first kappa shape index (κ1) is 23.6. The lowest BCUT2D eigenvalue weighted by molar-refractivity contribution is 0.0995. The molecule has 0 saturated heterocycles. The molecular formula is C24H27NO8. The second-order valence-corrected chi connectivity index (χ2v) is 6.82. The minimum absolute atomic E-state index is 0.144. The fraction of sp³-hybridized carbons (Fsp3) is 0.292. The number of methoxy groups -OCH3 is 6. The van der Waals surface area contributed by atoms with Crippen LogP contribution in [-0.2, 0) is 6.42 Å². The Hall–Kier alpha value is -4.01. The number of furan rings is 1. The Bertz CT molecular complexity index is 1070. The van der Waals surface area contributed by atoms with Crippen LogP contribution in [0.15, 0.2) is 40.8 Å². The van der Waals surface area contributed by atoms with Crippen molar-refractivity contribution in [3.8, 4) is 34.5 Å². The Morgan fingerprint density at radius 2 is 1.33 bits per heavy atom. The predicted molar refractivity (Wildman–Crippen MR) is 122 cm³/mol. The Balaban J connectivity index is 1.82. The summed E-state index contributed by atoms with van der Waals surface area (Å²) in [6.45, 7) is 0.